The highest BCUT2D eigenvalue weighted by Gasteiger charge is 2.28. The van der Waals surface area contributed by atoms with Crippen LogP contribution < -0.4 is 10.5 Å². The maximum atomic E-state index is 12.4. The van der Waals surface area contributed by atoms with Crippen molar-refractivity contribution < 1.29 is 8.42 Å². The molecule has 1 fully saturated rings. The van der Waals surface area contributed by atoms with Crippen molar-refractivity contribution in [1.29, 1.82) is 0 Å². The second-order valence-corrected chi connectivity index (χ2v) is 7.88. The number of nitrogen functional groups attached to an aromatic ring is 1. The summed E-state index contributed by atoms with van der Waals surface area (Å²) in [6.45, 7) is 6.27. The second kappa shape index (κ2) is 5.74. The summed E-state index contributed by atoms with van der Waals surface area (Å²) in [4.78, 5) is 0.265. The third kappa shape index (κ3) is 3.52. The quantitative estimate of drug-likeness (QED) is 0.842. The Balaban J connectivity index is 2.15. The number of nitrogens with two attached hydrogens (primary N) is 1. The van der Waals surface area contributed by atoms with Crippen LogP contribution in [0.4, 0.5) is 5.69 Å². The Labute approximate surface area is 121 Å². The van der Waals surface area contributed by atoms with Gasteiger partial charge in [0.2, 0.25) is 10.0 Å². The molecular weight excluding hydrogens is 272 g/mol. The van der Waals surface area contributed by atoms with Gasteiger partial charge in [-0.25, -0.2) is 13.1 Å². The van der Waals surface area contributed by atoms with Crippen LogP contribution in [-0.4, -0.2) is 14.5 Å². The van der Waals surface area contributed by atoms with Crippen molar-refractivity contribution in [1.82, 2.24) is 4.72 Å². The van der Waals surface area contributed by atoms with Crippen LogP contribution in [0.5, 0.6) is 0 Å². The molecule has 1 aromatic rings. The van der Waals surface area contributed by atoms with E-state index >= 15 is 0 Å². The first-order valence-electron chi connectivity index (χ1n) is 7.17. The van der Waals surface area contributed by atoms with Gasteiger partial charge in [-0.2, -0.15) is 0 Å². The molecule has 2 rings (SSSR count). The zero-order valence-corrected chi connectivity index (χ0v) is 13.2. The van der Waals surface area contributed by atoms with Gasteiger partial charge in [0, 0.05) is 11.7 Å². The average Bonchev–Trinajstić information content (AvgIpc) is 2.32. The Morgan fingerprint density at radius 2 is 1.85 bits per heavy atom. The predicted octanol–water partition coefficient (Wildman–Crippen LogP) is 2.68. The monoisotopic (exact) mass is 296 g/mol. The molecule has 3 N–H and O–H groups in total. The SMILES string of the molecule is Cc1cc(N)cc(S(=O)(=O)NC2CCC(C)C(C)C2)c1. The smallest absolute Gasteiger partial charge is 0.240 e. The molecule has 0 radical (unpaired) electrons. The van der Waals surface area contributed by atoms with E-state index in [-0.39, 0.29) is 10.9 Å². The van der Waals surface area contributed by atoms with Gasteiger partial charge in [-0.3, -0.25) is 0 Å². The van der Waals surface area contributed by atoms with Crippen molar-refractivity contribution in [3.05, 3.63) is 23.8 Å². The minimum atomic E-state index is -3.48. The van der Waals surface area contributed by atoms with Gasteiger partial charge >= 0.3 is 0 Å². The normalized spacial score (nSPS) is 27.4. The molecule has 0 aromatic heterocycles. The summed E-state index contributed by atoms with van der Waals surface area (Å²) in [7, 11) is -3.48. The fraction of sp³-hybridized carbons (Fsp3) is 0.600. The van der Waals surface area contributed by atoms with Crippen LogP contribution in [0.15, 0.2) is 23.1 Å². The van der Waals surface area contributed by atoms with Gasteiger partial charge in [-0.05, 0) is 61.8 Å². The lowest BCUT2D eigenvalue weighted by molar-refractivity contribution is 0.242. The molecule has 0 amide bonds. The summed E-state index contributed by atoms with van der Waals surface area (Å²) in [6, 6.07) is 4.98. The fourth-order valence-corrected chi connectivity index (χ4v) is 4.30. The maximum Gasteiger partial charge on any atom is 0.240 e. The van der Waals surface area contributed by atoms with E-state index in [1.807, 2.05) is 6.92 Å². The second-order valence-electron chi connectivity index (χ2n) is 6.17. The van der Waals surface area contributed by atoms with Gasteiger partial charge in [0.1, 0.15) is 0 Å². The molecule has 0 saturated heterocycles. The molecule has 1 saturated carbocycles. The minimum absolute atomic E-state index is 0.0351. The Hall–Kier alpha value is -1.07. The Morgan fingerprint density at radius 3 is 2.45 bits per heavy atom. The van der Waals surface area contributed by atoms with E-state index in [0.717, 1.165) is 24.8 Å². The van der Waals surface area contributed by atoms with Crippen molar-refractivity contribution in [2.75, 3.05) is 5.73 Å². The average molecular weight is 296 g/mol. The highest BCUT2D eigenvalue weighted by molar-refractivity contribution is 7.89. The summed E-state index contributed by atoms with van der Waals surface area (Å²) >= 11 is 0. The first-order chi connectivity index (χ1) is 9.28. The first-order valence-corrected chi connectivity index (χ1v) is 8.66. The molecule has 20 heavy (non-hydrogen) atoms. The summed E-state index contributed by atoms with van der Waals surface area (Å²) in [5, 5.41) is 0. The van der Waals surface area contributed by atoms with Crippen LogP contribution in [0.25, 0.3) is 0 Å². The molecule has 1 aliphatic carbocycles. The van der Waals surface area contributed by atoms with E-state index in [1.165, 1.54) is 6.07 Å². The zero-order chi connectivity index (χ0) is 14.9. The standard InChI is InChI=1S/C15H24N2O2S/c1-10-6-13(16)9-15(7-10)20(18,19)17-14-5-4-11(2)12(3)8-14/h6-7,9,11-12,14,17H,4-5,8,16H2,1-3H3. The third-order valence-electron chi connectivity index (χ3n) is 4.30. The van der Waals surface area contributed by atoms with E-state index < -0.39 is 10.0 Å². The first kappa shape index (κ1) is 15.3. The van der Waals surface area contributed by atoms with Crippen molar-refractivity contribution in [2.24, 2.45) is 11.8 Å². The molecule has 3 atom stereocenters. The van der Waals surface area contributed by atoms with Gasteiger partial charge in [0.15, 0.2) is 0 Å². The molecule has 0 heterocycles. The highest BCUT2D eigenvalue weighted by Crippen LogP contribution is 2.30. The molecule has 3 unspecified atom stereocenters. The van der Waals surface area contributed by atoms with E-state index in [4.69, 9.17) is 5.73 Å². The molecule has 0 spiro atoms. The van der Waals surface area contributed by atoms with Gasteiger partial charge in [-0.15, -0.1) is 0 Å². The molecule has 4 nitrogen and oxygen atoms in total. The number of sulfonamides is 1. The zero-order valence-electron chi connectivity index (χ0n) is 12.4. The van der Waals surface area contributed by atoms with E-state index in [2.05, 4.69) is 18.6 Å². The predicted molar refractivity (Wildman–Crippen MR) is 81.9 cm³/mol. The minimum Gasteiger partial charge on any atom is -0.399 e. The van der Waals surface area contributed by atoms with Crippen molar-refractivity contribution >= 4 is 15.7 Å². The molecule has 0 bridgehead atoms. The molecule has 0 aliphatic heterocycles. The number of benzene rings is 1. The Bertz CT molecular complexity index is 563. The van der Waals surface area contributed by atoms with Crippen LogP contribution >= 0.6 is 0 Å². The number of rotatable bonds is 3. The number of hydrogen-bond donors (Lipinski definition) is 2. The summed E-state index contributed by atoms with van der Waals surface area (Å²) < 4.78 is 27.7. The Morgan fingerprint density at radius 1 is 1.15 bits per heavy atom. The molecule has 112 valence electrons. The molecular formula is C15H24N2O2S. The highest BCUT2D eigenvalue weighted by atomic mass is 32.2. The topological polar surface area (TPSA) is 72.2 Å². The number of anilines is 1. The lowest BCUT2D eigenvalue weighted by Gasteiger charge is -2.32. The van der Waals surface area contributed by atoms with E-state index in [9.17, 15) is 8.42 Å². The fourth-order valence-electron chi connectivity index (χ4n) is 2.87. The lowest BCUT2D eigenvalue weighted by atomic mass is 9.79. The molecule has 1 aromatic carbocycles. The number of nitrogens with one attached hydrogen (secondary N) is 1. The number of aryl methyl sites for hydroxylation is 1. The molecule has 5 heteroatoms. The number of hydrogen-bond acceptors (Lipinski definition) is 3. The van der Waals surface area contributed by atoms with Crippen LogP contribution in [0.1, 0.15) is 38.7 Å². The van der Waals surface area contributed by atoms with Gasteiger partial charge in [0.25, 0.3) is 0 Å². The summed E-state index contributed by atoms with van der Waals surface area (Å²) in [5.41, 5.74) is 7.08. The van der Waals surface area contributed by atoms with Crippen molar-refractivity contribution in [3.8, 4) is 0 Å². The van der Waals surface area contributed by atoms with Crippen molar-refractivity contribution in [3.63, 3.8) is 0 Å². The van der Waals surface area contributed by atoms with Crippen LogP contribution in [-0.2, 0) is 10.0 Å². The summed E-state index contributed by atoms with van der Waals surface area (Å²) in [5.74, 6) is 1.23. The maximum absolute atomic E-state index is 12.4. The van der Waals surface area contributed by atoms with E-state index in [1.54, 1.807) is 12.1 Å². The largest absolute Gasteiger partial charge is 0.399 e. The Kier molecular flexibility index (Phi) is 4.39. The summed E-state index contributed by atoms with van der Waals surface area (Å²) in [6.07, 6.45) is 2.89. The van der Waals surface area contributed by atoms with Crippen LogP contribution in [0, 0.1) is 18.8 Å². The van der Waals surface area contributed by atoms with E-state index in [0.29, 0.717) is 17.5 Å². The van der Waals surface area contributed by atoms with Gasteiger partial charge < -0.3 is 5.73 Å². The molecule has 1 aliphatic rings. The van der Waals surface area contributed by atoms with Crippen LogP contribution in [0.2, 0.25) is 0 Å². The third-order valence-corrected chi connectivity index (χ3v) is 5.80. The lowest BCUT2D eigenvalue weighted by Crippen LogP contribution is -2.39. The van der Waals surface area contributed by atoms with Gasteiger partial charge in [0.05, 0.1) is 4.90 Å². The van der Waals surface area contributed by atoms with Crippen molar-refractivity contribution in [2.45, 2.75) is 51.0 Å². The van der Waals surface area contributed by atoms with Gasteiger partial charge in [-0.1, -0.05) is 13.8 Å². The van der Waals surface area contributed by atoms with Crippen LogP contribution in [0.3, 0.4) is 0 Å².